The molecule has 1 aliphatic rings. The van der Waals surface area contributed by atoms with E-state index >= 15 is 0 Å². The number of anilines is 1. The van der Waals surface area contributed by atoms with Crippen molar-refractivity contribution in [2.45, 2.75) is 26.1 Å². The van der Waals surface area contributed by atoms with E-state index in [2.05, 4.69) is 4.98 Å². The molecule has 152 valence electrons. The second-order valence-corrected chi connectivity index (χ2v) is 8.40. The van der Waals surface area contributed by atoms with E-state index in [1.165, 1.54) is 27.1 Å². The second-order valence-electron chi connectivity index (χ2n) is 7.09. The van der Waals surface area contributed by atoms with Crippen LogP contribution in [0.5, 0.6) is 0 Å². The Balaban J connectivity index is 1.71. The number of nitrogens with zero attached hydrogens (tertiary/aromatic N) is 3. The lowest BCUT2D eigenvalue weighted by Gasteiger charge is -2.34. The summed E-state index contributed by atoms with van der Waals surface area (Å²) in [6, 6.07) is 3.52. The van der Waals surface area contributed by atoms with Crippen molar-refractivity contribution in [1.82, 2.24) is 9.55 Å². The van der Waals surface area contributed by atoms with Crippen LogP contribution in [0.1, 0.15) is 18.1 Å². The third-order valence-electron chi connectivity index (χ3n) is 4.86. The molecule has 2 aromatic heterocycles. The van der Waals surface area contributed by atoms with Crippen LogP contribution in [0.4, 0.5) is 18.9 Å². The monoisotopic (exact) mass is 441 g/mol. The summed E-state index contributed by atoms with van der Waals surface area (Å²) >= 11 is 7.49. The fraction of sp³-hybridized carbons (Fsp3) is 0.316. The zero-order chi connectivity index (χ0) is 20.9. The Morgan fingerprint density at radius 1 is 1.38 bits per heavy atom. The van der Waals surface area contributed by atoms with Crippen LogP contribution >= 0.6 is 22.9 Å². The van der Waals surface area contributed by atoms with Crippen molar-refractivity contribution in [2.75, 3.05) is 11.4 Å². The Labute approximate surface area is 172 Å². The van der Waals surface area contributed by atoms with Crippen molar-refractivity contribution >= 4 is 44.7 Å². The third kappa shape index (κ3) is 3.64. The lowest BCUT2D eigenvalue weighted by atomic mass is 9.92. The lowest BCUT2D eigenvalue weighted by molar-refractivity contribution is -0.137. The van der Waals surface area contributed by atoms with E-state index in [0.29, 0.717) is 28.7 Å². The quantitative estimate of drug-likeness (QED) is 0.594. The number of hydrogen-bond donors (Lipinski definition) is 0. The molecule has 1 unspecified atom stereocenters. The minimum Gasteiger partial charge on any atom is -0.309 e. The van der Waals surface area contributed by atoms with Gasteiger partial charge in [0.25, 0.3) is 5.56 Å². The zero-order valence-electron chi connectivity index (χ0n) is 15.2. The molecule has 0 aliphatic carbocycles. The molecule has 1 aromatic carbocycles. The maximum absolute atomic E-state index is 13.1. The van der Waals surface area contributed by atoms with E-state index < -0.39 is 17.6 Å². The lowest BCUT2D eigenvalue weighted by Crippen LogP contribution is -2.42. The van der Waals surface area contributed by atoms with Gasteiger partial charge in [-0.3, -0.25) is 14.2 Å². The summed E-state index contributed by atoms with van der Waals surface area (Å²) in [4.78, 5) is 31.7. The van der Waals surface area contributed by atoms with Crippen LogP contribution in [0, 0.1) is 5.92 Å². The molecule has 1 aliphatic heterocycles. The average molecular weight is 442 g/mol. The smallest absolute Gasteiger partial charge is 0.309 e. The fourth-order valence-electron chi connectivity index (χ4n) is 3.58. The summed E-state index contributed by atoms with van der Waals surface area (Å²) in [6.45, 7) is 1.88. The number of amides is 1. The Bertz CT molecular complexity index is 1170. The molecule has 1 amide bonds. The zero-order valence-corrected chi connectivity index (χ0v) is 16.7. The first-order valence-corrected chi connectivity index (χ1v) is 10.0. The summed E-state index contributed by atoms with van der Waals surface area (Å²) in [5.41, 5.74) is -0.532. The molecule has 5 nitrogen and oxygen atoms in total. The van der Waals surface area contributed by atoms with Gasteiger partial charge in [-0.15, -0.1) is 11.3 Å². The predicted molar refractivity (Wildman–Crippen MR) is 106 cm³/mol. The van der Waals surface area contributed by atoms with E-state index in [4.69, 9.17) is 11.6 Å². The van der Waals surface area contributed by atoms with Crippen LogP contribution in [-0.4, -0.2) is 22.0 Å². The number of carbonyl (C=O) groups is 1. The maximum atomic E-state index is 13.1. The van der Waals surface area contributed by atoms with Crippen LogP contribution in [0.3, 0.4) is 0 Å². The Kier molecular flexibility index (Phi) is 4.90. The Hall–Kier alpha value is -2.39. The van der Waals surface area contributed by atoms with Gasteiger partial charge in [0.15, 0.2) is 0 Å². The molecule has 29 heavy (non-hydrogen) atoms. The molecule has 0 bridgehead atoms. The van der Waals surface area contributed by atoms with E-state index in [1.807, 2.05) is 6.92 Å². The van der Waals surface area contributed by atoms with Crippen molar-refractivity contribution in [2.24, 2.45) is 5.92 Å². The van der Waals surface area contributed by atoms with E-state index in [1.54, 1.807) is 11.4 Å². The molecule has 1 atom stereocenters. The SMILES string of the molecule is CC1Cc2cc(C(F)(F)F)cc(Cl)c2N(C(=O)Cn2cnc3sccc3c2=O)C1. The highest BCUT2D eigenvalue weighted by molar-refractivity contribution is 7.16. The molecule has 4 rings (SSSR count). The van der Waals surface area contributed by atoms with Crippen LogP contribution in [0.25, 0.3) is 10.2 Å². The predicted octanol–water partition coefficient (Wildman–Crippen LogP) is 4.36. The number of aromatic nitrogens is 2. The van der Waals surface area contributed by atoms with Gasteiger partial charge in [0.1, 0.15) is 11.4 Å². The summed E-state index contributed by atoms with van der Waals surface area (Å²) in [7, 11) is 0. The van der Waals surface area contributed by atoms with Gasteiger partial charge in [0, 0.05) is 6.54 Å². The van der Waals surface area contributed by atoms with Gasteiger partial charge in [-0.2, -0.15) is 13.2 Å². The maximum Gasteiger partial charge on any atom is 0.416 e. The second kappa shape index (κ2) is 7.14. The molecular formula is C19H15ClF3N3O2S. The van der Waals surface area contributed by atoms with Crippen LogP contribution in [0.2, 0.25) is 5.02 Å². The highest BCUT2D eigenvalue weighted by Gasteiger charge is 2.35. The summed E-state index contributed by atoms with van der Waals surface area (Å²) in [5, 5.41) is 2.03. The number of fused-ring (bicyclic) bond motifs is 2. The van der Waals surface area contributed by atoms with Gasteiger partial charge in [0.2, 0.25) is 5.91 Å². The minimum atomic E-state index is -4.52. The number of hydrogen-bond acceptors (Lipinski definition) is 4. The number of alkyl halides is 3. The highest BCUT2D eigenvalue weighted by Crippen LogP contribution is 2.41. The first kappa shape index (κ1) is 19.9. The molecule has 0 fully saturated rings. The normalized spacial score (nSPS) is 16.9. The molecule has 10 heteroatoms. The van der Waals surface area contributed by atoms with Crippen LogP contribution in [-0.2, 0) is 23.9 Å². The molecule has 0 saturated heterocycles. The van der Waals surface area contributed by atoms with E-state index in [9.17, 15) is 22.8 Å². The van der Waals surface area contributed by atoms with Gasteiger partial charge >= 0.3 is 6.18 Å². The van der Waals surface area contributed by atoms with Gasteiger partial charge in [-0.05, 0) is 41.5 Å². The molecule has 0 radical (unpaired) electrons. The highest BCUT2D eigenvalue weighted by atomic mass is 35.5. The number of rotatable bonds is 2. The van der Waals surface area contributed by atoms with Crippen LogP contribution < -0.4 is 10.5 Å². The van der Waals surface area contributed by atoms with Gasteiger partial charge in [0.05, 0.1) is 28.0 Å². The summed E-state index contributed by atoms with van der Waals surface area (Å²) < 4.78 is 40.6. The van der Waals surface area contributed by atoms with E-state index in [0.717, 1.165) is 12.1 Å². The van der Waals surface area contributed by atoms with Crippen LogP contribution in [0.15, 0.2) is 34.7 Å². The van der Waals surface area contributed by atoms with Crippen molar-refractivity contribution in [1.29, 1.82) is 0 Å². The topological polar surface area (TPSA) is 55.2 Å². The summed E-state index contributed by atoms with van der Waals surface area (Å²) in [6.07, 6.45) is -2.84. The van der Waals surface area contributed by atoms with Gasteiger partial charge in [-0.25, -0.2) is 4.98 Å². The molecule has 0 spiro atoms. The number of benzene rings is 1. The number of thiophene rings is 1. The summed E-state index contributed by atoms with van der Waals surface area (Å²) in [5.74, 6) is -0.488. The first-order chi connectivity index (χ1) is 13.6. The molecule has 3 aromatic rings. The molecule has 0 saturated carbocycles. The number of halogens is 4. The molecular weight excluding hydrogens is 427 g/mol. The fourth-order valence-corrected chi connectivity index (χ4v) is 4.65. The van der Waals surface area contributed by atoms with Crippen molar-refractivity contribution in [3.8, 4) is 0 Å². The molecule has 0 N–H and O–H groups in total. The largest absolute Gasteiger partial charge is 0.416 e. The van der Waals surface area contributed by atoms with Gasteiger partial charge in [-0.1, -0.05) is 18.5 Å². The van der Waals surface area contributed by atoms with E-state index in [-0.39, 0.29) is 28.7 Å². The third-order valence-corrected chi connectivity index (χ3v) is 5.97. The Morgan fingerprint density at radius 2 is 2.14 bits per heavy atom. The first-order valence-electron chi connectivity index (χ1n) is 8.77. The van der Waals surface area contributed by atoms with Gasteiger partial charge < -0.3 is 4.90 Å². The minimum absolute atomic E-state index is 0.0554. The number of carbonyl (C=O) groups excluding carboxylic acids is 1. The Morgan fingerprint density at radius 3 is 2.86 bits per heavy atom. The standard InChI is InChI=1S/C19H15ClF3N3O2S/c1-10-4-11-5-12(19(21,22)23)6-14(20)16(11)26(7-10)15(27)8-25-9-24-17-13(18(25)28)2-3-29-17/h2-3,5-6,9-10H,4,7-8H2,1H3. The van der Waals surface area contributed by atoms with Crippen molar-refractivity contribution in [3.63, 3.8) is 0 Å². The average Bonchev–Trinajstić information content (AvgIpc) is 3.11. The van der Waals surface area contributed by atoms with Crippen molar-refractivity contribution < 1.29 is 18.0 Å². The molecule has 3 heterocycles. The van der Waals surface area contributed by atoms with Crippen molar-refractivity contribution in [3.05, 3.63) is 56.4 Å².